The summed E-state index contributed by atoms with van der Waals surface area (Å²) < 4.78 is 16.4. The molecule has 0 spiro atoms. The number of halogens is 1. The van der Waals surface area contributed by atoms with Gasteiger partial charge in [0.05, 0.1) is 12.7 Å². The minimum Gasteiger partial charge on any atom is -0.382 e. The van der Waals surface area contributed by atoms with Crippen molar-refractivity contribution in [3.8, 4) is 0 Å². The highest BCUT2D eigenvalue weighted by Gasteiger charge is 2.14. The van der Waals surface area contributed by atoms with Gasteiger partial charge in [0.1, 0.15) is 0 Å². The smallest absolute Gasteiger partial charge is 0.190 e. The summed E-state index contributed by atoms with van der Waals surface area (Å²) in [7, 11) is 1.78. The lowest BCUT2D eigenvalue weighted by Gasteiger charge is -2.13. The fraction of sp³-hybridized carbons (Fsp3) is 0.933. The molecule has 0 bridgehead atoms. The third-order valence-corrected chi connectivity index (χ3v) is 3.27. The van der Waals surface area contributed by atoms with Gasteiger partial charge in [-0.25, -0.2) is 0 Å². The van der Waals surface area contributed by atoms with E-state index in [4.69, 9.17) is 14.2 Å². The number of hydrogen-bond donors (Lipinski definition) is 2. The molecule has 0 aliphatic carbocycles. The fourth-order valence-electron chi connectivity index (χ4n) is 2.12. The van der Waals surface area contributed by atoms with Gasteiger partial charge in [-0.15, -0.1) is 24.0 Å². The Balaban J connectivity index is 0.00000441. The first-order chi connectivity index (χ1) is 10.4. The average molecular weight is 429 g/mol. The number of ether oxygens (including phenoxy) is 3. The quantitative estimate of drug-likeness (QED) is 0.227. The largest absolute Gasteiger partial charge is 0.382 e. The van der Waals surface area contributed by atoms with Crippen LogP contribution in [0.25, 0.3) is 0 Å². The second-order valence-corrected chi connectivity index (χ2v) is 5.04. The number of rotatable bonds is 11. The summed E-state index contributed by atoms with van der Waals surface area (Å²) >= 11 is 0. The molecular weight excluding hydrogens is 397 g/mol. The number of nitrogens with one attached hydrogen (secondary N) is 2. The molecule has 1 unspecified atom stereocenters. The van der Waals surface area contributed by atoms with Gasteiger partial charge in [-0.1, -0.05) is 0 Å². The van der Waals surface area contributed by atoms with Crippen molar-refractivity contribution >= 4 is 29.9 Å². The van der Waals surface area contributed by atoms with E-state index in [0.29, 0.717) is 6.10 Å². The molecule has 1 aliphatic rings. The van der Waals surface area contributed by atoms with E-state index in [-0.39, 0.29) is 24.0 Å². The Morgan fingerprint density at radius 3 is 2.41 bits per heavy atom. The molecule has 1 fully saturated rings. The van der Waals surface area contributed by atoms with E-state index in [0.717, 1.165) is 71.3 Å². The van der Waals surface area contributed by atoms with E-state index in [9.17, 15) is 0 Å². The van der Waals surface area contributed by atoms with Crippen molar-refractivity contribution in [1.29, 1.82) is 0 Å². The van der Waals surface area contributed by atoms with Gasteiger partial charge < -0.3 is 24.8 Å². The Bertz CT molecular complexity index is 275. The first-order valence-corrected chi connectivity index (χ1v) is 8.08. The third kappa shape index (κ3) is 11.4. The molecule has 132 valence electrons. The minimum absolute atomic E-state index is 0. The van der Waals surface area contributed by atoms with E-state index >= 15 is 0 Å². The van der Waals surface area contributed by atoms with Crippen LogP contribution in [0.4, 0.5) is 0 Å². The fourth-order valence-corrected chi connectivity index (χ4v) is 2.12. The van der Waals surface area contributed by atoms with Crippen LogP contribution >= 0.6 is 24.0 Å². The number of guanidine groups is 1. The molecule has 0 aromatic rings. The van der Waals surface area contributed by atoms with Crippen LogP contribution in [0.2, 0.25) is 0 Å². The molecule has 0 saturated carbocycles. The standard InChI is InChI=1S/C15H31N3O3.HI/c1-3-19-10-5-8-17-15(16-2)18-9-6-11-20-13-14-7-4-12-21-14;/h14H,3-13H2,1-2H3,(H2,16,17,18);1H. The lowest BCUT2D eigenvalue weighted by atomic mass is 10.2. The van der Waals surface area contributed by atoms with Crippen LogP contribution in [0.3, 0.4) is 0 Å². The average Bonchev–Trinajstić information content (AvgIpc) is 3.01. The van der Waals surface area contributed by atoms with E-state index in [1.54, 1.807) is 7.05 Å². The summed E-state index contributed by atoms with van der Waals surface area (Å²) in [6.45, 7) is 7.68. The number of nitrogens with zero attached hydrogens (tertiary/aromatic N) is 1. The van der Waals surface area contributed by atoms with Crippen molar-refractivity contribution in [3.63, 3.8) is 0 Å². The summed E-state index contributed by atoms with van der Waals surface area (Å²) in [4.78, 5) is 4.18. The molecule has 0 aromatic heterocycles. The third-order valence-electron chi connectivity index (χ3n) is 3.27. The second kappa shape index (κ2) is 15.8. The Morgan fingerprint density at radius 1 is 1.18 bits per heavy atom. The molecule has 2 N–H and O–H groups in total. The zero-order chi connectivity index (χ0) is 15.2. The molecule has 0 aromatic carbocycles. The van der Waals surface area contributed by atoms with E-state index in [2.05, 4.69) is 15.6 Å². The molecule has 1 aliphatic heterocycles. The zero-order valence-electron chi connectivity index (χ0n) is 13.9. The van der Waals surface area contributed by atoms with Gasteiger partial charge in [-0.3, -0.25) is 4.99 Å². The van der Waals surface area contributed by atoms with Crippen LogP contribution in [0.1, 0.15) is 32.6 Å². The summed E-state index contributed by atoms with van der Waals surface area (Å²) in [6.07, 6.45) is 4.57. The van der Waals surface area contributed by atoms with Crippen LogP contribution in [0.5, 0.6) is 0 Å². The first kappa shape index (κ1) is 21.9. The second-order valence-electron chi connectivity index (χ2n) is 5.04. The van der Waals surface area contributed by atoms with Crippen LogP contribution in [-0.4, -0.2) is 65.2 Å². The van der Waals surface area contributed by atoms with Crippen molar-refractivity contribution in [2.24, 2.45) is 4.99 Å². The summed E-state index contributed by atoms with van der Waals surface area (Å²) in [5, 5.41) is 6.54. The maximum Gasteiger partial charge on any atom is 0.190 e. The Labute approximate surface area is 151 Å². The number of hydrogen-bond acceptors (Lipinski definition) is 4. The van der Waals surface area contributed by atoms with Gasteiger partial charge >= 0.3 is 0 Å². The molecule has 1 atom stereocenters. The highest BCUT2D eigenvalue weighted by Crippen LogP contribution is 2.11. The highest BCUT2D eigenvalue weighted by atomic mass is 127. The van der Waals surface area contributed by atoms with Crippen molar-refractivity contribution in [2.75, 3.05) is 53.2 Å². The maximum absolute atomic E-state index is 5.62. The van der Waals surface area contributed by atoms with Gasteiger partial charge in [0.15, 0.2) is 5.96 Å². The normalized spacial score (nSPS) is 18.1. The molecule has 0 radical (unpaired) electrons. The van der Waals surface area contributed by atoms with Gasteiger partial charge in [0, 0.05) is 46.6 Å². The zero-order valence-corrected chi connectivity index (χ0v) is 16.3. The van der Waals surface area contributed by atoms with E-state index in [1.165, 1.54) is 6.42 Å². The summed E-state index contributed by atoms with van der Waals surface area (Å²) in [5.74, 6) is 0.839. The molecule has 1 heterocycles. The van der Waals surface area contributed by atoms with Crippen LogP contribution in [0.15, 0.2) is 4.99 Å². The molecule has 1 rings (SSSR count). The predicted octanol–water partition coefficient (Wildman–Crippen LogP) is 1.78. The van der Waals surface area contributed by atoms with Gasteiger partial charge in [-0.2, -0.15) is 0 Å². The Morgan fingerprint density at radius 2 is 1.86 bits per heavy atom. The van der Waals surface area contributed by atoms with E-state index in [1.807, 2.05) is 6.92 Å². The first-order valence-electron chi connectivity index (χ1n) is 8.08. The molecule has 1 saturated heterocycles. The van der Waals surface area contributed by atoms with Crippen molar-refractivity contribution in [1.82, 2.24) is 10.6 Å². The molecule has 6 nitrogen and oxygen atoms in total. The van der Waals surface area contributed by atoms with Crippen LogP contribution < -0.4 is 10.6 Å². The van der Waals surface area contributed by atoms with Gasteiger partial charge in [0.25, 0.3) is 0 Å². The van der Waals surface area contributed by atoms with Gasteiger partial charge in [-0.05, 0) is 32.6 Å². The van der Waals surface area contributed by atoms with Crippen molar-refractivity contribution < 1.29 is 14.2 Å². The topological polar surface area (TPSA) is 64.1 Å². The van der Waals surface area contributed by atoms with E-state index < -0.39 is 0 Å². The maximum atomic E-state index is 5.62. The highest BCUT2D eigenvalue weighted by molar-refractivity contribution is 14.0. The molecule has 22 heavy (non-hydrogen) atoms. The Kier molecular flexibility index (Phi) is 15.7. The van der Waals surface area contributed by atoms with Crippen molar-refractivity contribution in [3.05, 3.63) is 0 Å². The number of aliphatic imine (C=N–C) groups is 1. The monoisotopic (exact) mass is 429 g/mol. The molecule has 7 heteroatoms. The lowest BCUT2D eigenvalue weighted by molar-refractivity contribution is 0.0168. The summed E-state index contributed by atoms with van der Waals surface area (Å²) in [6, 6.07) is 0. The van der Waals surface area contributed by atoms with Crippen molar-refractivity contribution in [2.45, 2.75) is 38.7 Å². The van der Waals surface area contributed by atoms with Crippen LogP contribution in [0, 0.1) is 0 Å². The predicted molar refractivity (Wildman–Crippen MR) is 100 cm³/mol. The summed E-state index contributed by atoms with van der Waals surface area (Å²) in [5.41, 5.74) is 0. The lowest BCUT2D eigenvalue weighted by Crippen LogP contribution is -2.38. The SMILES string of the molecule is CCOCCCNC(=NC)NCCCOCC1CCCO1.I. The molecule has 0 amide bonds. The van der Waals surface area contributed by atoms with Crippen LogP contribution in [-0.2, 0) is 14.2 Å². The minimum atomic E-state index is 0. The molecular formula is C15H32IN3O3. The Hall–Kier alpha value is -0.120. The van der Waals surface area contributed by atoms with Gasteiger partial charge in [0.2, 0.25) is 0 Å².